The number of carbonyl (C=O) groups excluding carboxylic acids is 2. The SMILES string of the molecule is COc1cc(O)c(C(=O)C=Cc2ccccc2)c(OC)c1.Cl.NC(N)=NC(=O)c1nc(Cl)c(N)nc1N. The molecule has 0 aliphatic heterocycles. The highest BCUT2D eigenvalue weighted by Gasteiger charge is 2.17. The number of phenols is 1. The smallest absolute Gasteiger partial charge is 0.302 e. The van der Waals surface area contributed by atoms with Crippen LogP contribution >= 0.6 is 24.0 Å². The molecule has 37 heavy (non-hydrogen) atoms. The number of amides is 1. The fraction of sp³-hybridized carbons (Fsp3) is 0.0870. The number of aliphatic imine (C=N–C) groups is 1. The predicted octanol–water partition coefficient (Wildman–Crippen LogP) is 2.44. The number of hydrogen-bond donors (Lipinski definition) is 5. The van der Waals surface area contributed by atoms with E-state index in [1.807, 2.05) is 30.3 Å². The number of nitrogens with two attached hydrogens (primary N) is 4. The van der Waals surface area contributed by atoms with Crippen molar-refractivity contribution in [3.63, 3.8) is 0 Å². The van der Waals surface area contributed by atoms with E-state index >= 15 is 0 Å². The van der Waals surface area contributed by atoms with E-state index in [4.69, 9.17) is 44.0 Å². The molecule has 196 valence electrons. The third kappa shape index (κ3) is 8.56. The Balaban J connectivity index is 0.000000381. The molecular weight excluding hydrogens is 525 g/mol. The molecule has 14 heteroatoms. The summed E-state index contributed by atoms with van der Waals surface area (Å²) in [6.07, 6.45) is 3.09. The molecule has 1 heterocycles. The number of halogens is 2. The van der Waals surface area contributed by atoms with Gasteiger partial charge in [0.2, 0.25) is 0 Å². The number of nitrogens with zero attached hydrogens (tertiary/aromatic N) is 3. The van der Waals surface area contributed by atoms with Crippen LogP contribution in [-0.4, -0.2) is 46.9 Å². The molecule has 0 bridgehead atoms. The van der Waals surface area contributed by atoms with Crippen LogP contribution in [0.15, 0.2) is 53.5 Å². The molecule has 3 rings (SSSR count). The molecule has 0 saturated carbocycles. The number of phenolic OH excluding ortho intramolecular Hbond substituents is 1. The molecule has 0 radical (unpaired) electrons. The van der Waals surface area contributed by atoms with Crippen molar-refractivity contribution in [3.05, 3.63) is 70.5 Å². The summed E-state index contributed by atoms with van der Waals surface area (Å²) in [7, 11) is 2.91. The molecule has 1 aromatic heterocycles. The number of benzene rings is 2. The Bertz CT molecular complexity index is 1310. The molecule has 12 nitrogen and oxygen atoms in total. The number of ketones is 1. The zero-order chi connectivity index (χ0) is 26.8. The van der Waals surface area contributed by atoms with E-state index in [0.717, 1.165) is 5.56 Å². The number of aromatic hydroxyl groups is 1. The van der Waals surface area contributed by atoms with Gasteiger partial charge in [0.25, 0.3) is 0 Å². The number of guanidine groups is 1. The maximum Gasteiger partial charge on any atom is 0.302 e. The summed E-state index contributed by atoms with van der Waals surface area (Å²) in [4.78, 5) is 34.0. The lowest BCUT2D eigenvalue weighted by atomic mass is 10.1. The molecule has 0 aliphatic rings. The molecule has 0 fully saturated rings. The van der Waals surface area contributed by atoms with Crippen LogP contribution in [0.2, 0.25) is 5.15 Å². The van der Waals surface area contributed by atoms with Crippen LogP contribution in [0, 0.1) is 0 Å². The van der Waals surface area contributed by atoms with Crippen molar-refractivity contribution in [1.82, 2.24) is 9.97 Å². The minimum absolute atomic E-state index is 0. The number of nitrogen functional groups attached to an aromatic ring is 2. The maximum atomic E-state index is 12.3. The molecule has 9 N–H and O–H groups in total. The first-order valence-corrected chi connectivity index (χ1v) is 10.4. The van der Waals surface area contributed by atoms with E-state index in [1.54, 1.807) is 12.1 Å². The number of methoxy groups -OCH3 is 2. The van der Waals surface area contributed by atoms with Crippen molar-refractivity contribution >= 4 is 59.4 Å². The Morgan fingerprint density at radius 1 is 1.03 bits per heavy atom. The zero-order valence-electron chi connectivity index (χ0n) is 19.7. The predicted molar refractivity (Wildman–Crippen MR) is 144 cm³/mol. The van der Waals surface area contributed by atoms with Crippen molar-refractivity contribution in [2.45, 2.75) is 0 Å². The highest BCUT2D eigenvalue weighted by molar-refractivity contribution is 6.31. The summed E-state index contributed by atoms with van der Waals surface area (Å²) in [5.41, 5.74) is 21.5. The highest BCUT2D eigenvalue weighted by Crippen LogP contribution is 2.33. The van der Waals surface area contributed by atoms with Crippen molar-refractivity contribution in [2.75, 3.05) is 25.7 Å². The fourth-order valence-corrected chi connectivity index (χ4v) is 2.82. The number of hydrogen-bond acceptors (Lipinski definition) is 9. The van der Waals surface area contributed by atoms with Crippen LogP contribution in [0.4, 0.5) is 11.6 Å². The molecular formula is C23H25Cl2N7O5. The Labute approximate surface area is 223 Å². The van der Waals surface area contributed by atoms with Crippen LogP contribution in [0.3, 0.4) is 0 Å². The van der Waals surface area contributed by atoms with Crippen molar-refractivity contribution in [2.24, 2.45) is 16.5 Å². The van der Waals surface area contributed by atoms with Gasteiger partial charge in [0.05, 0.1) is 14.2 Å². The Morgan fingerprint density at radius 2 is 1.68 bits per heavy atom. The van der Waals surface area contributed by atoms with Crippen LogP contribution in [0.25, 0.3) is 6.08 Å². The van der Waals surface area contributed by atoms with Gasteiger partial charge in [-0.15, -0.1) is 12.4 Å². The van der Waals surface area contributed by atoms with Crippen LogP contribution in [-0.2, 0) is 0 Å². The van der Waals surface area contributed by atoms with Gasteiger partial charge < -0.3 is 37.5 Å². The molecule has 1 amide bonds. The Morgan fingerprint density at radius 3 is 2.24 bits per heavy atom. The monoisotopic (exact) mass is 549 g/mol. The number of anilines is 2. The largest absolute Gasteiger partial charge is 0.507 e. The first kappa shape index (κ1) is 30.5. The summed E-state index contributed by atoms with van der Waals surface area (Å²) in [6.45, 7) is 0. The molecule has 0 spiro atoms. The number of ether oxygens (including phenoxy) is 2. The molecule has 2 aromatic carbocycles. The Hall–Kier alpha value is -4.55. The van der Waals surface area contributed by atoms with Gasteiger partial charge in [0, 0.05) is 12.1 Å². The molecule has 0 unspecified atom stereocenters. The summed E-state index contributed by atoms with van der Waals surface area (Å²) < 4.78 is 10.2. The number of carbonyl (C=O) groups is 2. The van der Waals surface area contributed by atoms with Gasteiger partial charge in [-0.25, -0.2) is 9.97 Å². The van der Waals surface area contributed by atoms with Gasteiger partial charge in [-0.2, -0.15) is 4.99 Å². The van der Waals surface area contributed by atoms with E-state index in [2.05, 4.69) is 15.0 Å². The van der Waals surface area contributed by atoms with Gasteiger partial charge in [-0.3, -0.25) is 9.59 Å². The van der Waals surface area contributed by atoms with E-state index in [9.17, 15) is 14.7 Å². The van der Waals surface area contributed by atoms with Crippen molar-refractivity contribution < 1.29 is 24.2 Å². The standard InChI is InChI=1S/C17H16O4.C6H8ClN7O.ClH/c1-20-13-10-15(19)17(16(11-13)21-2)14(18)9-8-12-6-4-3-5-7-12;7-2-4(9)13-3(8)1(12-2)5(15)14-6(10)11;/h3-11,19H,1-2H3;(H4,8,9,13)(H4,10,11,14,15);1H. The first-order chi connectivity index (χ1) is 17.1. The summed E-state index contributed by atoms with van der Waals surface area (Å²) in [6, 6.07) is 12.4. The lowest BCUT2D eigenvalue weighted by Gasteiger charge is -2.10. The van der Waals surface area contributed by atoms with Crippen molar-refractivity contribution in [1.29, 1.82) is 0 Å². The highest BCUT2D eigenvalue weighted by atomic mass is 35.5. The second-order valence-corrected chi connectivity index (χ2v) is 7.17. The van der Waals surface area contributed by atoms with E-state index in [1.165, 1.54) is 26.4 Å². The molecule has 0 atom stereocenters. The average molecular weight is 550 g/mol. The van der Waals surface area contributed by atoms with Gasteiger partial charge in [-0.1, -0.05) is 48.0 Å². The van der Waals surface area contributed by atoms with Crippen LogP contribution < -0.4 is 32.4 Å². The second kappa shape index (κ2) is 14.1. The van der Waals surface area contributed by atoms with E-state index in [0.29, 0.717) is 5.75 Å². The minimum atomic E-state index is -0.832. The van der Waals surface area contributed by atoms with Gasteiger partial charge in [-0.05, 0) is 11.6 Å². The first-order valence-electron chi connectivity index (χ1n) is 10.0. The number of aromatic nitrogens is 2. The fourth-order valence-electron chi connectivity index (χ4n) is 2.69. The molecule has 0 aliphatic carbocycles. The van der Waals surface area contributed by atoms with Gasteiger partial charge in [0.1, 0.15) is 22.8 Å². The average Bonchev–Trinajstić information content (AvgIpc) is 2.84. The van der Waals surface area contributed by atoms with Gasteiger partial charge >= 0.3 is 5.91 Å². The van der Waals surface area contributed by atoms with E-state index < -0.39 is 11.9 Å². The van der Waals surface area contributed by atoms with E-state index in [-0.39, 0.29) is 57.7 Å². The van der Waals surface area contributed by atoms with Gasteiger partial charge in [0.15, 0.2) is 34.2 Å². The lowest BCUT2D eigenvalue weighted by Crippen LogP contribution is -2.24. The topological polar surface area (TPSA) is 215 Å². The quantitative estimate of drug-likeness (QED) is 0.130. The normalized spacial score (nSPS) is 9.92. The summed E-state index contributed by atoms with van der Waals surface area (Å²) in [5.74, 6) is -1.31. The van der Waals surface area contributed by atoms with Crippen LogP contribution in [0.5, 0.6) is 17.2 Å². The summed E-state index contributed by atoms with van der Waals surface area (Å²) >= 11 is 5.55. The lowest BCUT2D eigenvalue weighted by molar-refractivity contribution is 0.0997. The Kier molecular flexibility index (Phi) is 11.6. The molecule has 0 saturated heterocycles. The third-order valence-corrected chi connectivity index (χ3v) is 4.60. The minimum Gasteiger partial charge on any atom is -0.507 e. The maximum absolute atomic E-state index is 12.3. The third-order valence-electron chi connectivity index (χ3n) is 4.32. The van der Waals surface area contributed by atoms with Crippen molar-refractivity contribution in [3.8, 4) is 17.2 Å². The second-order valence-electron chi connectivity index (χ2n) is 6.81. The summed E-state index contributed by atoms with van der Waals surface area (Å²) in [5, 5.41) is 9.85. The number of rotatable bonds is 6. The number of allylic oxidation sites excluding steroid dienone is 1. The zero-order valence-corrected chi connectivity index (χ0v) is 21.3. The van der Waals surface area contributed by atoms with Crippen LogP contribution in [0.1, 0.15) is 26.4 Å². The molecule has 3 aromatic rings.